The summed E-state index contributed by atoms with van der Waals surface area (Å²) in [5.41, 5.74) is 2.54. The van der Waals surface area contributed by atoms with Crippen molar-refractivity contribution in [2.75, 3.05) is 0 Å². The highest BCUT2D eigenvalue weighted by Gasteiger charge is 2.52. The first kappa shape index (κ1) is 16.8. The van der Waals surface area contributed by atoms with E-state index >= 15 is 0 Å². The average Bonchev–Trinajstić information content (AvgIpc) is 2.78. The molecule has 6 nitrogen and oxygen atoms in total. The molecular formula is C17H20ClN3O3. The van der Waals surface area contributed by atoms with E-state index in [-0.39, 0.29) is 18.2 Å². The van der Waals surface area contributed by atoms with Crippen LogP contribution in [0, 0.1) is 0 Å². The fraction of sp³-hybridized carbons (Fsp3) is 0.471. The van der Waals surface area contributed by atoms with Crippen LogP contribution in [0.15, 0.2) is 24.3 Å². The van der Waals surface area contributed by atoms with Gasteiger partial charge in [-0.15, -0.1) is 0 Å². The van der Waals surface area contributed by atoms with Crippen LogP contribution < -0.4 is 10.7 Å². The van der Waals surface area contributed by atoms with Crippen LogP contribution >= 0.6 is 11.6 Å². The number of rotatable bonds is 4. The Hall–Kier alpha value is -2.08. The minimum absolute atomic E-state index is 0.171. The normalized spacial score (nSPS) is 19.5. The Morgan fingerprint density at radius 1 is 1.25 bits per heavy atom. The molecule has 4 amide bonds. The number of nitrogens with zero attached hydrogens (tertiary/aromatic N) is 1. The molecule has 1 aromatic carbocycles. The summed E-state index contributed by atoms with van der Waals surface area (Å²) in [6.45, 7) is 0. The van der Waals surface area contributed by atoms with Gasteiger partial charge in [-0.2, -0.15) is 5.01 Å². The van der Waals surface area contributed by atoms with Gasteiger partial charge in [-0.1, -0.05) is 43.0 Å². The molecule has 1 heterocycles. The van der Waals surface area contributed by atoms with Gasteiger partial charge in [0, 0.05) is 11.4 Å². The molecule has 24 heavy (non-hydrogen) atoms. The first-order valence-corrected chi connectivity index (χ1v) is 8.59. The van der Waals surface area contributed by atoms with E-state index in [0.29, 0.717) is 24.3 Å². The van der Waals surface area contributed by atoms with Crippen molar-refractivity contribution in [1.29, 1.82) is 0 Å². The summed E-state index contributed by atoms with van der Waals surface area (Å²) in [4.78, 5) is 36.7. The largest absolute Gasteiger partial charge is 0.344 e. The third-order valence-electron chi connectivity index (χ3n) is 4.64. The number of halogens is 1. The molecular weight excluding hydrogens is 330 g/mol. The third-order valence-corrected chi connectivity index (χ3v) is 4.87. The first-order valence-electron chi connectivity index (χ1n) is 8.21. The SMILES string of the molecule is O=C(CCc1cccc(Cl)c1)NN1C(=O)NC2(CCCCC2)C1=O. The maximum absolute atomic E-state index is 12.6. The summed E-state index contributed by atoms with van der Waals surface area (Å²) >= 11 is 5.91. The van der Waals surface area contributed by atoms with E-state index in [1.54, 1.807) is 12.1 Å². The van der Waals surface area contributed by atoms with Crippen LogP contribution in [0.25, 0.3) is 0 Å². The maximum atomic E-state index is 12.6. The van der Waals surface area contributed by atoms with Crippen LogP contribution in [-0.2, 0) is 16.0 Å². The van der Waals surface area contributed by atoms with Crippen molar-refractivity contribution >= 4 is 29.4 Å². The average molecular weight is 350 g/mol. The molecule has 7 heteroatoms. The molecule has 2 aliphatic rings. The lowest BCUT2D eigenvalue weighted by Crippen LogP contribution is -2.51. The van der Waals surface area contributed by atoms with Crippen LogP contribution in [0.1, 0.15) is 44.1 Å². The van der Waals surface area contributed by atoms with Gasteiger partial charge in [-0.05, 0) is 37.0 Å². The second kappa shape index (κ2) is 6.81. The summed E-state index contributed by atoms with van der Waals surface area (Å²) in [5, 5.41) is 4.21. The molecule has 0 aromatic heterocycles. The van der Waals surface area contributed by atoms with E-state index in [2.05, 4.69) is 10.7 Å². The van der Waals surface area contributed by atoms with E-state index in [0.717, 1.165) is 29.8 Å². The molecule has 128 valence electrons. The van der Waals surface area contributed by atoms with E-state index in [1.165, 1.54) is 0 Å². The maximum Gasteiger partial charge on any atom is 0.344 e. The zero-order valence-corrected chi connectivity index (χ0v) is 14.1. The number of benzene rings is 1. The summed E-state index contributed by atoms with van der Waals surface area (Å²) in [6, 6.07) is 6.71. The van der Waals surface area contributed by atoms with Crippen LogP contribution in [-0.4, -0.2) is 28.4 Å². The van der Waals surface area contributed by atoms with Gasteiger partial charge in [0.15, 0.2) is 0 Å². The van der Waals surface area contributed by atoms with Crippen LogP contribution in [0.4, 0.5) is 4.79 Å². The standard InChI is InChI=1S/C17H20ClN3O3/c18-13-6-4-5-12(11-13)7-8-14(22)20-21-15(23)17(19-16(21)24)9-2-1-3-10-17/h4-6,11H,1-3,7-10H2,(H,19,24)(H,20,22). The molecule has 2 fully saturated rings. The summed E-state index contributed by atoms with van der Waals surface area (Å²) < 4.78 is 0. The number of hydrogen-bond acceptors (Lipinski definition) is 3. The molecule has 0 unspecified atom stereocenters. The van der Waals surface area contributed by atoms with Gasteiger partial charge in [-0.25, -0.2) is 4.79 Å². The fourth-order valence-corrected chi connectivity index (χ4v) is 3.56. The lowest BCUT2D eigenvalue weighted by atomic mass is 9.82. The molecule has 1 aliphatic heterocycles. The smallest absolute Gasteiger partial charge is 0.322 e. The highest BCUT2D eigenvalue weighted by molar-refractivity contribution is 6.30. The molecule has 1 saturated carbocycles. The number of carbonyl (C=O) groups is 3. The van der Waals surface area contributed by atoms with Crippen LogP contribution in [0.3, 0.4) is 0 Å². The molecule has 2 N–H and O–H groups in total. The zero-order chi connectivity index (χ0) is 17.2. The van der Waals surface area contributed by atoms with E-state index in [4.69, 9.17) is 11.6 Å². The lowest BCUT2D eigenvalue weighted by Gasteiger charge is -2.30. The predicted molar refractivity (Wildman–Crippen MR) is 89.1 cm³/mol. The van der Waals surface area contributed by atoms with Crippen molar-refractivity contribution in [3.05, 3.63) is 34.9 Å². The number of carbonyl (C=O) groups excluding carboxylic acids is 3. The van der Waals surface area contributed by atoms with Crippen molar-refractivity contribution in [1.82, 2.24) is 15.8 Å². The number of aryl methyl sites for hydroxylation is 1. The molecule has 1 aromatic rings. The molecule has 0 atom stereocenters. The van der Waals surface area contributed by atoms with Crippen molar-refractivity contribution in [3.8, 4) is 0 Å². The quantitative estimate of drug-likeness (QED) is 0.820. The topological polar surface area (TPSA) is 78.5 Å². The molecule has 0 radical (unpaired) electrons. The molecule has 1 saturated heterocycles. The number of amides is 4. The highest BCUT2D eigenvalue weighted by Crippen LogP contribution is 2.33. The fourth-order valence-electron chi connectivity index (χ4n) is 3.35. The van der Waals surface area contributed by atoms with E-state index in [9.17, 15) is 14.4 Å². The number of hydrogen-bond donors (Lipinski definition) is 2. The number of nitrogens with one attached hydrogen (secondary N) is 2. The minimum atomic E-state index is -0.824. The van der Waals surface area contributed by atoms with Crippen molar-refractivity contribution in [2.24, 2.45) is 0 Å². The van der Waals surface area contributed by atoms with Crippen molar-refractivity contribution in [3.63, 3.8) is 0 Å². The Labute approximate surface area is 145 Å². The second-order valence-electron chi connectivity index (χ2n) is 6.38. The monoisotopic (exact) mass is 349 g/mol. The number of hydrazine groups is 1. The van der Waals surface area contributed by atoms with Gasteiger partial charge >= 0.3 is 6.03 Å². The predicted octanol–water partition coefficient (Wildman–Crippen LogP) is 2.56. The Morgan fingerprint density at radius 3 is 2.71 bits per heavy atom. The Kier molecular flexibility index (Phi) is 4.76. The minimum Gasteiger partial charge on any atom is -0.322 e. The number of urea groups is 1. The second-order valence-corrected chi connectivity index (χ2v) is 6.81. The van der Waals surface area contributed by atoms with Gasteiger partial charge in [0.05, 0.1) is 0 Å². The summed E-state index contributed by atoms with van der Waals surface area (Å²) in [7, 11) is 0. The Morgan fingerprint density at radius 2 is 2.00 bits per heavy atom. The Bertz CT molecular complexity index is 671. The molecule has 1 spiro atoms. The van der Waals surface area contributed by atoms with Gasteiger partial charge < -0.3 is 5.32 Å². The summed E-state index contributed by atoms with van der Waals surface area (Å²) in [5.74, 6) is -0.713. The van der Waals surface area contributed by atoms with E-state index in [1.807, 2.05) is 12.1 Å². The third kappa shape index (κ3) is 3.38. The van der Waals surface area contributed by atoms with Crippen LogP contribution in [0.2, 0.25) is 5.02 Å². The lowest BCUT2D eigenvalue weighted by molar-refractivity contribution is -0.139. The summed E-state index contributed by atoms with van der Waals surface area (Å²) in [6.07, 6.45) is 4.80. The highest BCUT2D eigenvalue weighted by atomic mass is 35.5. The van der Waals surface area contributed by atoms with Gasteiger partial charge in [-0.3, -0.25) is 15.0 Å². The number of imide groups is 1. The van der Waals surface area contributed by atoms with Gasteiger partial charge in [0.2, 0.25) is 5.91 Å². The molecule has 3 rings (SSSR count). The van der Waals surface area contributed by atoms with Crippen LogP contribution in [0.5, 0.6) is 0 Å². The van der Waals surface area contributed by atoms with Gasteiger partial charge in [0.1, 0.15) is 5.54 Å². The zero-order valence-electron chi connectivity index (χ0n) is 13.3. The van der Waals surface area contributed by atoms with E-state index < -0.39 is 11.6 Å². The Balaban J connectivity index is 1.58. The first-order chi connectivity index (χ1) is 11.5. The molecule has 1 aliphatic carbocycles. The van der Waals surface area contributed by atoms with Crippen molar-refractivity contribution < 1.29 is 14.4 Å². The van der Waals surface area contributed by atoms with Crippen molar-refractivity contribution in [2.45, 2.75) is 50.5 Å². The van der Waals surface area contributed by atoms with Gasteiger partial charge in [0.25, 0.3) is 5.91 Å². The molecule has 0 bridgehead atoms.